The number of nitrogens with one attached hydrogen (secondary N) is 1. The standard InChI is InChI=1S/C8H8Cl5NO2/c1-15-5-4(9)3-14-7(16-2,6(5)10)8(11,12)13/h3,14H,1-2H3. The fraction of sp³-hybridized carbons (Fsp3) is 0.500. The van der Waals surface area contributed by atoms with Crippen molar-refractivity contribution >= 4 is 58.0 Å². The van der Waals surface area contributed by atoms with E-state index in [-0.39, 0.29) is 15.8 Å². The highest BCUT2D eigenvalue weighted by atomic mass is 35.6. The second-order valence-corrected chi connectivity index (χ2v) is 5.93. The van der Waals surface area contributed by atoms with Crippen molar-refractivity contribution in [2.75, 3.05) is 14.2 Å². The van der Waals surface area contributed by atoms with Gasteiger partial charge in [0, 0.05) is 13.3 Å². The van der Waals surface area contributed by atoms with Gasteiger partial charge in [0.2, 0.25) is 9.52 Å². The summed E-state index contributed by atoms with van der Waals surface area (Å²) in [5, 5.41) is 3.00. The molecule has 0 aromatic carbocycles. The molecule has 0 fully saturated rings. The maximum Gasteiger partial charge on any atom is 0.243 e. The van der Waals surface area contributed by atoms with Crippen LogP contribution in [0.4, 0.5) is 0 Å². The Morgan fingerprint density at radius 1 is 1.25 bits per heavy atom. The summed E-state index contributed by atoms with van der Waals surface area (Å²) >= 11 is 29.4. The average molecular weight is 327 g/mol. The van der Waals surface area contributed by atoms with Gasteiger partial charge in [-0.05, 0) is 0 Å². The monoisotopic (exact) mass is 325 g/mol. The van der Waals surface area contributed by atoms with E-state index >= 15 is 0 Å². The SMILES string of the molecule is COC1=C(Cl)C(OC)(C(Cl)(Cl)Cl)NC=C1Cl. The lowest BCUT2D eigenvalue weighted by atomic mass is 10.1. The van der Waals surface area contributed by atoms with E-state index in [0.29, 0.717) is 0 Å². The van der Waals surface area contributed by atoms with E-state index in [1.807, 2.05) is 0 Å². The Balaban J connectivity index is 3.33. The van der Waals surface area contributed by atoms with Crippen molar-refractivity contribution in [3.63, 3.8) is 0 Å². The second-order valence-electron chi connectivity index (χ2n) is 2.87. The lowest BCUT2D eigenvalue weighted by Gasteiger charge is -2.40. The quantitative estimate of drug-likeness (QED) is 0.788. The summed E-state index contributed by atoms with van der Waals surface area (Å²) in [4.78, 5) is 0. The molecular weight excluding hydrogens is 319 g/mol. The van der Waals surface area contributed by atoms with E-state index in [1.165, 1.54) is 20.4 Å². The number of allylic oxidation sites excluding steroid dienone is 1. The number of hydrogen-bond acceptors (Lipinski definition) is 3. The van der Waals surface area contributed by atoms with Gasteiger partial charge in [0.1, 0.15) is 5.03 Å². The summed E-state index contributed by atoms with van der Waals surface area (Å²) in [7, 11) is 2.75. The Morgan fingerprint density at radius 3 is 2.19 bits per heavy atom. The third-order valence-corrected chi connectivity index (χ3v) is 3.55. The van der Waals surface area contributed by atoms with Crippen LogP contribution in [0.2, 0.25) is 0 Å². The number of alkyl halides is 3. The van der Waals surface area contributed by atoms with Crippen LogP contribution in [0, 0.1) is 0 Å². The van der Waals surface area contributed by atoms with Crippen molar-refractivity contribution in [2.45, 2.75) is 9.52 Å². The first-order valence-electron chi connectivity index (χ1n) is 4.00. The first-order chi connectivity index (χ1) is 7.30. The molecule has 8 heteroatoms. The molecule has 0 radical (unpaired) electrons. The van der Waals surface area contributed by atoms with E-state index in [4.69, 9.17) is 67.5 Å². The van der Waals surface area contributed by atoms with E-state index in [0.717, 1.165) is 0 Å². The summed E-state index contributed by atoms with van der Waals surface area (Å²) in [5.74, 6) is 0.190. The van der Waals surface area contributed by atoms with Crippen molar-refractivity contribution in [1.29, 1.82) is 0 Å². The molecule has 92 valence electrons. The van der Waals surface area contributed by atoms with Gasteiger partial charge in [0.05, 0.1) is 12.1 Å². The number of rotatable bonds is 2. The summed E-state index contributed by atoms with van der Waals surface area (Å²) in [6, 6.07) is 0. The predicted octanol–water partition coefficient (Wildman–Crippen LogP) is 3.48. The Hall–Kier alpha value is 0.490. The molecule has 1 heterocycles. The number of dihydropyridines is 1. The highest BCUT2D eigenvalue weighted by Crippen LogP contribution is 2.48. The van der Waals surface area contributed by atoms with Crippen molar-refractivity contribution < 1.29 is 9.47 Å². The Morgan fingerprint density at radius 2 is 1.81 bits per heavy atom. The van der Waals surface area contributed by atoms with Crippen molar-refractivity contribution in [2.24, 2.45) is 0 Å². The maximum absolute atomic E-state index is 6.07. The normalized spacial score (nSPS) is 26.3. The highest BCUT2D eigenvalue weighted by molar-refractivity contribution is 6.69. The van der Waals surface area contributed by atoms with Crippen LogP contribution < -0.4 is 5.32 Å². The molecule has 1 aliphatic heterocycles. The fourth-order valence-corrected chi connectivity index (χ4v) is 2.77. The van der Waals surface area contributed by atoms with Crippen LogP contribution in [-0.2, 0) is 9.47 Å². The van der Waals surface area contributed by atoms with Gasteiger partial charge in [-0.15, -0.1) is 0 Å². The third kappa shape index (κ3) is 2.22. The highest BCUT2D eigenvalue weighted by Gasteiger charge is 2.54. The Labute approximate surface area is 118 Å². The van der Waals surface area contributed by atoms with Gasteiger partial charge in [0.25, 0.3) is 0 Å². The molecule has 1 N–H and O–H groups in total. The van der Waals surface area contributed by atoms with Crippen LogP contribution in [0.5, 0.6) is 0 Å². The van der Waals surface area contributed by atoms with Gasteiger partial charge in [-0.25, -0.2) is 0 Å². The smallest absolute Gasteiger partial charge is 0.243 e. The topological polar surface area (TPSA) is 30.5 Å². The van der Waals surface area contributed by atoms with E-state index in [2.05, 4.69) is 5.32 Å². The third-order valence-electron chi connectivity index (χ3n) is 2.04. The number of halogens is 5. The molecule has 0 bridgehead atoms. The average Bonchev–Trinajstić information content (AvgIpc) is 2.17. The number of methoxy groups -OCH3 is 2. The van der Waals surface area contributed by atoms with E-state index in [1.54, 1.807) is 0 Å². The molecule has 0 aromatic rings. The van der Waals surface area contributed by atoms with Gasteiger partial charge in [-0.3, -0.25) is 0 Å². The number of hydrogen-bond donors (Lipinski definition) is 1. The fourth-order valence-electron chi connectivity index (χ4n) is 1.22. The Kier molecular flexibility index (Phi) is 4.55. The number of ether oxygens (including phenoxy) is 2. The lowest BCUT2D eigenvalue weighted by Crippen LogP contribution is -2.57. The molecule has 16 heavy (non-hydrogen) atoms. The van der Waals surface area contributed by atoms with Gasteiger partial charge in [-0.2, -0.15) is 0 Å². The molecule has 0 aromatic heterocycles. The summed E-state index contributed by atoms with van der Waals surface area (Å²) < 4.78 is 8.34. The van der Waals surface area contributed by atoms with Crippen LogP contribution >= 0.6 is 58.0 Å². The molecule has 0 aliphatic carbocycles. The van der Waals surface area contributed by atoms with Gasteiger partial charge in [-0.1, -0.05) is 58.0 Å². The van der Waals surface area contributed by atoms with Gasteiger partial charge >= 0.3 is 0 Å². The zero-order chi connectivity index (χ0) is 12.6. The van der Waals surface area contributed by atoms with Crippen LogP contribution in [-0.4, -0.2) is 23.7 Å². The minimum absolute atomic E-state index is 0.0324. The van der Waals surface area contributed by atoms with E-state index < -0.39 is 9.52 Å². The molecule has 0 spiro atoms. The lowest BCUT2D eigenvalue weighted by molar-refractivity contribution is 0.00776. The first kappa shape index (κ1) is 14.6. The summed E-state index contributed by atoms with van der Waals surface area (Å²) in [5.41, 5.74) is -1.52. The molecule has 1 unspecified atom stereocenters. The summed E-state index contributed by atoms with van der Waals surface area (Å²) in [6.07, 6.45) is 1.39. The molecular formula is C8H8Cl5NO2. The van der Waals surface area contributed by atoms with Gasteiger partial charge < -0.3 is 14.8 Å². The van der Waals surface area contributed by atoms with Crippen molar-refractivity contribution in [1.82, 2.24) is 5.32 Å². The molecule has 3 nitrogen and oxygen atoms in total. The van der Waals surface area contributed by atoms with Crippen LogP contribution in [0.25, 0.3) is 0 Å². The summed E-state index contributed by atoms with van der Waals surface area (Å²) in [6.45, 7) is 0. The molecule has 1 aliphatic rings. The second kappa shape index (κ2) is 5.01. The first-order valence-corrected chi connectivity index (χ1v) is 5.89. The maximum atomic E-state index is 6.07. The predicted molar refractivity (Wildman–Crippen MR) is 67.0 cm³/mol. The molecule has 0 saturated heterocycles. The van der Waals surface area contributed by atoms with Crippen LogP contribution in [0.15, 0.2) is 22.0 Å². The van der Waals surface area contributed by atoms with Crippen molar-refractivity contribution in [3.8, 4) is 0 Å². The minimum atomic E-state index is -1.84. The van der Waals surface area contributed by atoms with E-state index in [9.17, 15) is 0 Å². The van der Waals surface area contributed by atoms with Crippen LogP contribution in [0.3, 0.4) is 0 Å². The molecule has 1 atom stereocenters. The minimum Gasteiger partial charge on any atom is -0.494 e. The molecule has 0 saturated carbocycles. The van der Waals surface area contributed by atoms with Crippen LogP contribution in [0.1, 0.15) is 0 Å². The Bertz CT molecular complexity index is 349. The van der Waals surface area contributed by atoms with Crippen molar-refractivity contribution in [3.05, 3.63) is 22.0 Å². The molecule has 0 amide bonds. The largest absolute Gasteiger partial charge is 0.494 e. The van der Waals surface area contributed by atoms with Gasteiger partial charge in [0.15, 0.2) is 5.76 Å². The molecule has 1 rings (SSSR count). The zero-order valence-electron chi connectivity index (χ0n) is 8.28. The zero-order valence-corrected chi connectivity index (χ0v) is 12.1.